The minimum atomic E-state index is -1.40. The topological polar surface area (TPSA) is 66.4 Å². The van der Waals surface area contributed by atoms with Crippen molar-refractivity contribution in [3.05, 3.63) is 28.8 Å². The standard InChI is InChI=1S/C13H16O4.Na/c1-8-5-10(7-14)6-9(2)11(8)17-13(3,4)12(15)16;/h5-7H,1-4H3,(H,15,16);/q;+1/p-1. The second kappa shape index (κ2) is 6.36. The van der Waals surface area contributed by atoms with E-state index in [9.17, 15) is 14.7 Å². The van der Waals surface area contributed by atoms with Gasteiger partial charge in [-0.05, 0) is 51.0 Å². The molecule has 0 saturated heterocycles. The van der Waals surface area contributed by atoms with Gasteiger partial charge in [-0.3, -0.25) is 4.79 Å². The van der Waals surface area contributed by atoms with Crippen LogP contribution in [0.2, 0.25) is 0 Å². The normalized spacial score (nSPS) is 10.4. The molecule has 0 heterocycles. The molecule has 92 valence electrons. The first-order chi connectivity index (χ1) is 7.77. The predicted octanol–water partition coefficient (Wildman–Crippen LogP) is -1.97. The number of carboxylic acid groups (broad SMARTS) is 1. The number of aryl methyl sites for hydroxylation is 2. The molecular weight excluding hydrogens is 243 g/mol. The van der Waals surface area contributed by atoms with E-state index in [0.29, 0.717) is 11.3 Å². The second-order valence-electron chi connectivity index (χ2n) is 4.50. The van der Waals surface area contributed by atoms with Gasteiger partial charge in [0.1, 0.15) is 17.6 Å². The number of carbonyl (C=O) groups excluding carboxylic acids is 2. The first-order valence-corrected chi connectivity index (χ1v) is 5.25. The Morgan fingerprint density at radius 3 is 2.06 bits per heavy atom. The SMILES string of the molecule is Cc1cc(C=O)cc(C)c1OC(C)(C)C(=O)[O-].[Na+]. The minimum absolute atomic E-state index is 0. The van der Waals surface area contributed by atoms with Crippen LogP contribution in [0.15, 0.2) is 12.1 Å². The molecule has 1 rings (SSSR count). The molecule has 0 unspecified atom stereocenters. The van der Waals surface area contributed by atoms with Gasteiger partial charge in [-0.25, -0.2) is 0 Å². The summed E-state index contributed by atoms with van der Waals surface area (Å²) in [5.74, 6) is -0.805. The van der Waals surface area contributed by atoms with Crippen LogP contribution < -0.4 is 39.4 Å². The number of hydrogen-bond donors (Lipinski definition) is 0. The van der Waals surface area contributed by atoms with Crippen LogP contribution in [0.5, 0.6) is 5.75 Å². The molecule has 0 saturated carbocycles. The van der Waals surface area contributed by atoms with Crippen molar-refractivity contribution < 1.29 is 49.0 Å². The zero-order chi connectivity index (χ0) is 13.2. The number of rotatable bonds is 4. The fourth-order valence-corrected chi connectivity index (χ4v) is 1.51. The first-order valence-electron chi connectivity index (χ1n) is 5.25. The van der Waals surface area contributed by atoms with E-state index in [2.05, 4.69) is 0 Å². The van der Waals surface area contributed by atoms with Gasteiger partial charge in [-0.15, -0.1) is 0 Å². The number of ether oxygens (including phenoxy) is 1. The van der Waals surface area contributed by atoms with Gasteiger partial charge in [0.05, 0.1) is 5.97 Å². The summed E-state index contributed by atoms with van der Waals surface area (Å²) in [5, 5.41) is 10.9. The van der Waals surface area contributed by atoms with Crippen LogP contribution >= 0.6 is 0 Å². The van der Waals surface area contributed by atoms with Crippen LogP contribution in [-0.2, 0) is 4.79 Å². The first kappa shape index (κ1) is 17.2. The molecule has 4 nitrogen and oxygen atoms in total. The Hall–Kier alpha value is -0.840. The fraction of sp³-hybridized carbons (Fsp3) is 0.385. The van der Waals surface area contributed by atoms with Crippen molar-refractivity contribution in [2.75, 3.05) is 0 Å². The molecule has 0 spiro atoms. The Morgan fingerprint density at radius 1 is 1.28 bits per heavy atom. The molecule has 0 bridgehead atoms. The Morgan fingerprint density at radius 2 is 1.72 bits per heavy atom. The average molecular weight is 258 g/mol. The van der Waals surface area contributed by atoms with Crippen molar-refractivity contribution in [1.82, 2.24) is 0 Å². The molecule has 0 aliphatic rings. The average Bonchev–Trinajstić information content (AvgIpc) is 2.22. The third-order valence-electron chi connectivity index (χ3n) is 2.47. The number of aldehydes is 1. The Bertz CT molecular complexity index is 443. The van der Waals surface area contributed by atoms with Crippen LogP contribution in [0.1, 0.15) is 35.3 Å². The molecule has 1 aromatic rings. The molecule has 0 aliphatic heterocycles. The predicted molar refractivity (Wildman–Crippen MR) is 61.0 cm³/mol. The number of aliphatic carboxylic acids is 1. The summed E-state index contributed by atoms with van der Waals surface area (Å²) < 4.78 is 5.45. The molecule has 0 amide bonds. The number of carboxylic acids is 1. The quantitative estimate of drug-likeness (QED) is 0.464. The second-order valence-corrected chi connectivity index (χ2v) is 4.50. The van der Waals surface area contributed by atoms with E-state index in [1.807, 2.05) is 0 Å². The summed E-state index contributed by atoms with van der Waals surface area (Å²) in [6.07, 6.45) is 0.744. The zero-order valence-corrected chi connectivity index (χ0v) is 13.4. The summed E-state index contributed by atoms with van der Waals surface area (Å²) in [7, 11) is 0. The minimum Gasteiger partial charge on any atom is -0.546 e. The monoisotopic (exact) mass is 258 g/mol. The van der Waals surface area contributed by atoms with Crippen LogP contribution in [0.25, 0.3) is 0 Å². The smallest absolute Gasteiger partial charge is 0.546 e. The third-order valence-corrected chi connectivity index (χ3v) is 2.47. The van der Waals surface area contributed by atoms with Gasteiger partial charge in [-0.1, -0.05) is 0 Å². The van der Waals surface area contributed by atoms with Crippen LogP contribution in [0.3, 0.4) is 0 Å². The van der Waals surface area contributed by atoms with Crippen molar-refractivity contribution >= 4 is 12.3 Å². The van der Waals surface area contributed by atoms with E-state index in [4.69, 9.17) is 4.74 Å². The van der Waals surface area contributed by atoms with Crippen molar-refractivity contribution in [2.24, 2.45) is 0 Å². The van der Waals surface area contributed by atoms with E-state index in [-0.39, 0.29) is 29.6 Å². The van der Waals surface area contributed by atoms with Crippen molar-refractivity contribution in [1.29, 1.82) is 0 Å². The maximum Gasteiger partial charge on any atom is 1.00 e. The van der Waals surface area contributed by atoms with E-state index >= 15 is 0 Å². The Labute approximate surface area is 129 Å². The molecule has 0 fully saturated rings. The van der Waals surface area contributed by atoms with Gasteiger partial charge in [-0.2, -0.15) is 0 Å². The van der Waals surface area contributed by atoms with E-state index < -0.39 is 11.6 Å². The maximum absolute atomic E-state index is 10.9. The van der Waals surface area contributed by atoms with Gasteiger partial charge in [0.2, 0.25) is 0 Å². The van der Waals surface area contributed by atoms with Gasteiger partial charge in [0.25, 0.3) is 0 Å². The molecule has 0 aromatic heterocycles. The van der Waals surface area contributed by atoms with Crippen molar-refractivity contribution in [3.8, 4) is 5.75 Å². The van der Waals surface area contributed by atoms with Gasteiger partial charge < -0.3 is 14.6 Å². The zero-order valence-electron chi connectivity index (χ0n) is 11.4. The Balaban J connectivity index is 0.00000289. The molecule has 0 N–H and O–H groups in total. The maximum atomic E-state index is 10.9. The van der Waals surface area contributed by atoms with E-state index in [1.54, 1.807) is 26.0 Å². The summed E-state index contributed by atoms with van der Waals surface area (Å²) in [6, 6.07) is 3.31. The van der Waals surface area contributed by atoms with Crippen LogP contribution in [0, 0.1) is 13.8 Å². The van der Waals surface area contributed by atoms with E-state index in [0.717, 1.165) is 17.4 Å². The summed E-state index contributed by atoms with van der Waals surface area (Å²) in [6.45, 7) is 6.38. The number of carbonyl (C=O) groups is 2. The van der Waals surface area contributed by atoms with Gasteiger partial charge in [0.15, 0.2) is 0 Å². The molecule has 5 heteroatoms. The molecule has 0 aliphatic carbocycles. The molecule has 0 atom stereocenters. The van der Waals surface area contributed by atoms with Crippen LogP contribution in [0.4, 0.5) is 0 Å². The van der Waals surface area contributed by atoms with E-state index in [1.165, 1.54) is 13.8 Å². The fourth-order valence-electron chi connectivity index (χ4n) is 1.51. The van der Waals surface area contributed by atoms with Crippen LogP contribution in [-0.4, -0.2) is 17.9 Å². The summed E-state index contributed by atoms with van der Waals surface area (Å²) in [4.78, 5) is 21.5. The largest absolute Gasteiger partial charge is 1.00 e. The number of benzene rings is 1. The summed E-state index contributed by atoms with van der Waals surface area (Å²) in [5.41, 5.74) is 0.583. The molecule has 18 heavy (non-hydrogen) atoms. The molecular formula is C13H15NaO4. The summed E-state index contributed by atoms with van der Waals surface area (Å²) >= 11 is 0. The molecule has 1 aromatic carbocycles. The van der Waals surface area contributed by atoms with Gasteiger partial charge >= 0.3 is 29.6 Å². The van der Waals surface area contributed by atoms with Crippen molar-refractivity contribution in [3.63, 3.8) is 0 Å². The Kier molecular flexibility index (Phi) is 6.07. The van der Waals surface area contributed by atoms with Gasteiger partial charge in [0, 0.05) is 5.56 Å². The molecule has 0 radical (unpaired) electrons. The third kappa shape index (κ3) is 3.83. The number of hydrogen-bond acceptors (Lipinski definition) is 4. The van der Waals surface area contributed by atoms with Crippen molar-refractivity contribution in [2.45, 2.75) is 33.3 Å².